The number of carbonyl (C=O) groups is 3. The zero-order valence-corrected chi connectivity index (χ0v) is 21.6. The summed E-state index contributed by atoms with van der Waals surface area (Å²) in [5, 5.41) is 11.7. The van der Waals surface area contributed by atoms with Crippen molar-refractivity contribution in [3.63, 3.8) is 0 Å². The number of ketones is 2. The van der Waals surface area contributed by atoms with Crippen LogP contribution in [-0.2, 0) is 28.6 Å². The molecule has 0 aromatic carbocycles. The largest absolute Gasteiger partial charge is 0.457 e. The van der Waals surface area contributed by atoms with Crippen molar-refractivity contribution in [2.75, 3.05) is 6.61 Å². The summed E-state index contributed by atoms with van der Waals surface area (Å²) < 4.78 is 18.2. The molecule has 0 aromatic heterocycles. The van der Waals surface area contributed by atoms with Crippen LogP contribution >= 0.6 is 0 Å². The highest BCUT2D eigenvalue weighted by atomic mass is 16.8. The molecule has 5 aliphatic rings. The molecular formula is C28H38O7. The first-order chi connectivity index (χ1) is 16.2. The maximum Gasteiger partial charge on any atom is 0.308 e. The fraction of sp³-hybridized carbons (Fsp3) is 0.750. The smallest absolute Gasteiger partial charge is 0.308 e. The van der Waals surface area contributed by atoms with Gasteiger partial charge in [-0.1, -0.05) is 39.3 Å². The van der Waals surface area contributed by atoms with Crippen LogP contribution in [0.15, 0.2) is 23.8 Å². The molecule has 4 aliphatic carbocycles. The Morgan fingerprint density at radius 2 is 1.94 bits per heavy atom. The molecule has 0 amide bonds. The van der Waals surface area contributed by atoms with E-state index in [0.29, 0.717) is 12.8 Å². The number of aliphatic hydroxyl groups is 1. The van der Waals surface area contributed by atoms with Gasteiger partial charge in [-0.2, -0.15) is 0 Å². The van der Waals surface area contributed by atoms with Gasteiger partial charge in [-0.25, -0.2) is 0 Å². The van der Waals surface area contributed by atoms with Crippen LogP contribution in [0.4, 0.5) is 0 Å². The molecule has 8 atom stereocenters. The van der Waals surface area contributed by atoms with E-state index in [1.807, 2.05) is 19.9 Å². The maximum absolute atomic E-state index is 13.9. The lowest BCUT2D eigenvalue weighted by molar-refractivity contribution is -0.226. The van der Waals surface area contributed by atoms with Gasteiger partial charge in [-0.15, -0.1) is 0 Å². The maximum atomic E-state index is 13.9. The van der Waals surface area contributed by atoms with Crippen LogP contribution in [0.5, 0.6) is 0 Å². The number of aliphatic hydroxyl groups excluding tert-OH is 1. The van der Waals surface area contributed by atoms with E-state index in [4.69, 9.17) is 14.2 Å². The summed E-state index contributed by atoms with van der Waals surface area (Å²) in [6, 6.07) is 0. The van der Waals surface area contributed by atoms with Crippen LogP contribution in [0.1, 0.15) is 67.2 Å². The van der Waals surface area contributed by atoms with E-state index in [1.165, 1.54) is 0 Å². The van der Waals surface area contributed by atoms with Crippen LogP contribution in [-0.4, -0.2) is 52.8 Å². The molecule has 1 saturated heterocycles. The summed E-state index contributed by atoms with van der Waals surface area (Å²) in [6.07, 6.45) is 6.84. The van der Waals surface area contributed by atoms with Crippen molar-refractivity contribution < 1.29 is 33.7 Å². The molecule has 192 valence electrons. The molecule has 3 saturated carbocycles. The van der Waals surface area contributed by atoms with Crippen LogP contribution in [0, 0.1) is 34.5 Å². The Hall–Kier alpha value is -1.83. The zero-order valence-electron chi connectivity index (χ0n) is 21.6. The molecule has 4 fully saturated rings. The second-order valence-corrected chi connectivity index (χ2v) is 12.5. The fourth-order valence-electron chi connectivity index (χ4n) is 8.33. The highest BCUT2D eigenvalue weighted by Crippen LogP contribution is 2.70. The highest BCUT2D eigenvalue weighted by molar-refractivity contribution is 6.01. The van der Waals surface area contributed by atoms with Gasteiger partial charge in [0.1, 0.15) is 0 Å². The van der Waals surface area contributed by atoms with Gasteiger partial charge in [0.05, 0.1) is 18.1 Å². The second-order valence-electron chi connectivity index (χ2n) is 12.5. The van der Waals surface area contributed by atoms with Crippen molar-refractivity contribution in [3.8, 4) is 0 Å². The summed E-state index contributed by atoms with van der Waals surface area (Å²) >= 11 is 0. The van der Waals surface area contributed by atoms with E-state index in [0.717, 1.165) is 18.4 Å². The fourth-order valence-corrected chi connectivity index (χ4v) is 8.33. The summed E-state index contributed by atoms with van der Waals surface area (Å²) in [5.74, 6) is -1.82. The molecule has 0 unspecified atom stereocenters. The number of fused-ring (bicyclic) bond motifs is 7. The molecule has 7 heteroatoms. The van der Waals surface area contributed by atoms with Gasteiger partial charge in [0.15, 0.2) is 23.8 Å². The molecule has 0 aromatic rings. The van der Waals surface area contributed by atoms with Crippen LogP contribution in [0.25, 0.3) is 0 Å². The lowest BCUT2D eigenvalue weighted by Gasteiger charge is -2.59. The van der Waals surface area contributed by atoms with Gasteiger partial charge < -0.3 is 19.3 Å². The minimum absolute atomic E-state index is 0.00554. The number of allylic oxidation sites excluding steroid dienone is 4. The summed E-state index contributed by atoms with van der Waals surface area (Å²) in [6.45, 7) is 10.9. The Morgan fingerprint density at radius 1 is 1.23 bits per heavy atom. The Labute approximate surface area is 207 Å². The van der Waals surface area contributed by atoms with Crippen molar-refractivity contribution in [2.45, 2.75) is 90.8 Å². The van der Waals surface area contributed by atoms with Crippen molar-refractivity contribution in [1.29, 1.82) is 0 Å². The molecule has 1 aliphatic heterocycles. The molecule has 0 bridgehead atoms. The predicted octanol–water partition coefficient (Wildman–Crippen LogP) is 3.53. The number of carbonyl (C=O) groups excluding carboxylic acids is 3. The first kappa shape index (κ1) is 24.8. The predicted molar refractivity (Wildman–Crippen MR) is 127 cm³/mol. The zero-order chi connectivity index (χ0) is 25.6. The molecule has 35 heavy (non-hydrogen) atoms. The molecule has 7 nitrogen and oxygen atoms in total. The van der Waals surface area contributed by atoms with Crippen molar-refractivity contribution >= 4 is 17.5 Å². The number of Topliss-reactive ketones (excluding diaryl/α,β-unsaturated/α-hetero) is 1. The SMILES string of the molecule is CC(C)C(=O)OCC(=O)[C@@]12OC(C)(C)O[C@@H]1C[C@H]1[C@@H]3CCC4=CC(=O)C=C[C@]4(C)[C@H]3[C@@H](O)C[C@@]12C. The second kappa shape index (κ2) is 7.83. The Balaban J connectivity index is 1.52. The lowest BCUT2D eigenvalue weighted by atomic mass is 9.46. The molecular weight excluding hydrogens is 448 g/mol. The van der Waals surface area contributed by atoms with E-state index >= 15 is 0 Å². The number of hydrogen-bond donors (Lipinski definition) is 1. The van der Waals surface area contributed by atoms with Crippen molar-refractivity contribution in [1.82, 2.24) is 0 Å². The molecule has 1 heterocycles. The van der Waals surface area contributed by atoms with E-state index < -0.39 is 35.0 Å². The minimum Gasteiger partial charge on any atom is -0.457 e. The summed E-state index contributed by atoms with van der Waals surface area (Å²) in [5.41, 5.74) is -1.27. The third kappa shape index (κ3) is 3.37. The van der Waals surface area contributed by atoms with Gasteiger partial charge >= 0.3 is 5.97 Å². The third-order valence-electron chi connectivity index (χ3n) is 9.72. The number of hydrogen-bond acceptors (Lipinski definition) is 7. The van der Waals surface area contributed by atoms with E-state index in [-0.39, 0.29) is 47.3 Å². The average molecular weight is 487 g/mol. The van der Waals surface area contributed by atoms with Gasteiger partial charge in [-0.05, 0) is 63.5 Å². The minimum atomic E-state index is -1.29. The topological polar surface area (TPSA) is 99.1 Å². The van der Waals surface area contributed by atoms with E-state index in [2.05, 4.69) is 13.8 Å². The van der Waals surface area contributed by atoms with Crippen LogP contribution < -0.4 is 0 Å². The molecule has 0 spiro atoms. The van der Waals surface area contributed by atoms with Gasteiger partial charge in [0.25, 0.3) is 0 Å². The highest BCUT2D eigenvalue weighted by Gasteiger charge is 2.76. The normalized spacial score (nSPS) is 45.3. The molecule has 1 N–H and O–H groups in total. The van der Waals surface area contributed by atoms with Gasteiger partial charge in [0.2, 0.25) is 5.78 Å². The monoisotopic (exact) mass is 486 g/mol. The quantitative estimate of drug-likeness (QED) is 0.607. The number of esters is 1. The summed E-state index contributed by atoms with van der Waals surface area (Å²) in [4.78, 5) is 38.1. The molecule has 5 rings (SSSR count). The first-order valence-corrected chi connectivity index (χ1v) is 13.0. The van der Waals surface area contributed by atoms with Crippen LogP contribution in [0.3, 0.4) is 0 Å². The van der Waals surface area contributed by atoms with Crippen molar-refractivity contribution in [3.05, 3.63) is 23.8 Å². The first-order valence-electron chi connectivity index (χ1n) is 13.0. The lowest BCUT2D eigenvalue weighted by Crippen LogP contribution is -2.64. The Bertz CT molecular complexity index is 1020. The Kier molecular flexibility index (Phi) is 5.56. The molecule has 0 radical (unpaired) electrons. The van der Waals surface area contributed by atoms with Crippen molar-refractivity contribution in [2.24, 2.45) is 34.5 Å². The summed E-state index contributed by atoms with van der Waals surface area (Å²) in [7, 11) is 0. The number of rotatable bonds is 4. The van der Waals surface area contributed by atoms with Crippen LogP contribution in [0.2, 0.25) is 0 Å². The standard InChI is InChI=1S/C28H38O7/c1-15(2)24(32)33-14-21(31)28-22(34-25(3,4)35-28)12-19-18-8-7-16-11-17(29)9-10-26(16,5)23(18)20(30)13-27(19,28)6/h9-11,15,18-20,22-23,30H,7-8,12-14H2,1-6H3/t18-,19-,20-,22+,23+,26-,27-,28+/m0/s1. The van der Waals surface area contributed by atoms with E-state index in [1.54, 1.807) is 26.0 Å². The number of ether oxygens (including phenoxy) is 3. The van der Waals surface area contributed by atoms with Gasteiger partial charge in [-0.3, -0.25) is 14.4 Å². The van der Waals surface area contributed by atoms with Gasteiger partial charge in [0, 0.05) is 16.7 Å². The van der Waals surface area contributed by atoms with E-state index in [9.17, 15) is 19.5 Å². The third-order valence-corrected chi connectivity index (χ3v) is 9.72. The average Bonchev–Trinajstić information content (AvgIpc) is 3.17. The Morgan fingerprint density at radius 3 is 2.63 bits per heavy atom.